The molecule has 2 aliphatic rings. The highest BCUT2D eigenvalue weighted by Gasteiger charge is 2.40. The molecule has 0 amide bonds. The van der Waals surface area contributed by atoms with Crippen molar-refractivity contribution in [3.05, 3.63) is 166 Å². The van der Waals surface area contributed by atoms with Crippen molar-refractivity contribution in [3.63, 3.8) is 0 Å². The van der Waals surface area contributed by atoms with E-state index >= 15 is 0 Å². The fourth-order valence-corrected chi connectivity index (χ4v) is 10.1. The summed E-state index contributed by atoms with van der Waals surface area (Å²) < 4.78 is 2.85. The van der Waals surface area contributed by atoms with Gasteiger partial charge >= 0.3 is 0 Å². The summed E-state index contributed by atoms with van der Waals surface area (Å²) >= 11 is 1.98. The van der Waals surface area contributed by atoms with Crippen molar-refractivity contribution in [3.8, 4) is 22.3 Å². The topological polar surface area (TPSA) is 26.0 Å². The second kappa shape index (κ2) is 11.0. The third-order valence-electron chi connectivity index (χ3n) is 11.0. The van der Waals surface area contributed by atoms with Gasteiger partial charge in [-0.05, 0) is 99.0 Å². The number of aryl methyl sites for hydroxylation is 2. The Morgan fingerprint density at radius 2 is 1.38 bits per heavy atom. The first kappa shape index (κ1) is 28.7. The van der Waals surface area contributed by atoms with E-state index in [1.165, 1.54) is 90.4 Å². The summed E-state index contributed by atoms with van der Waals surface area (Å²) in [5.41, 5.74) is 22.2. The molecule has 0 saturated carbocycles. The zero-order valence-electron chi connectivity index (χ0n) is 27.1. The summed E-state index contributed by atoms with van der Waals surface area (Å²) in [6, 6.07) is 47.1. The standard InChI is InChI=1S/C45H39NS/c1-45(2)39-21-9-8-18-34(39)36-19-11-20-38(42(36)45)41(43(46)32-16-10-15-30(26-32)28-12-4-3-5-13-28)31-23-24-35-37-25-22-29-14-6-7-17-33(29)44(37)47-40(35)27-31/h3-5,8-13,15-16,18-27,41,43H,6-7,14,17,46H2,1-2H3. The zero-order chi connectivity index (χ0) is 31.7. The van der Waals surface area contributed by atoms with E-state index in [2.05, 4.69) is 141 Å². The number of benzene rings is 6. The molecule has 2 aliphatic carbocycles. The van der Waals surface area contributed by atoms with Crippen LogP contribution in [0.2, 0.25) is 0 Å². The minimum absolute atomic E-state index is 0.0203. The molecule has 0 saturated heterocycles. The summed E-state index contributed by atoms with van der Waals surface area (Å²) in [5.74, 6) is -0.0203. The lowest BCUT2D eigenvalue weighted by atomic mass is 9.73. The van der Waals surface area contributed by atoms with Crippen LogP contribution < -0.4 is 5.73 Å². The molecule has 7 aromatic rings. The monoisotopic (exact) mass is 625 g/mol. The fraction of sp³-hybridized carbons (Fsp3) is 0.200. The molecule has 1 heterocycles. The summed E-state index contributed by atoms with van der Waals surface area (Å²) in [5, 5.41) is 2.78. The van der Waals surface area contributed by atoms with Crippen molar-refractivity contribution in [2.75, 3.05) is 0 Å². The molecular weight excluding hydrogens is 587 g/mol. The Morgan fingerprint density at radius 1 is 0.638 bits per heavy atom. The largest absolute Gasteiger partial charge is 0.323 e. The zero-order valence-corrected chi connectivity index (χ0v) is 27.9. The van der Waals surface area contributed by atoms with Gasteiger partial charge in [0.2, 0.25) is 0 Å². The Labute approximate surface area is 281 Å². The van der Waals surface area contributed by atoms with Gasteiger partial charge in [-0.1, -0.05) is 129 Å². The number of thiophene rings is 1. The van der Waals surface area contributed by atoms with E-state index in [-0.39, 0.29) is 17.4 Å². The molecule has 2 heteroatoms. The number of hydrogen-bond donors (Lipinski definition) is 1. The third-order valence-corrected chi connectivity index (χ3v) is 12.3. The highest BCUT2D eigenvalue weighted by Crippen LogP contribution is 2.53. The van der Waals surface area contributed by atoms with Crippen LogP contribution in [0.15, 0.2) is 127 Å². The first-order valence-electron chi connectivity index (χ1n) is 17.1. The number of fused-ring (bicyclic) bond motifs is 8. The van der Waals surface area contributed by atoms with Gasteiger partial charge in [-0.2, -0.15) is 0 Å². The van der Waals surface area contributed by atoms with E-state index in [9.17, 15) is 0 Å². The second-order valence-corrected chi connectivity index (χ2v) is 15.1. The first-order chi connectivity index (χ1) is 23.0. The lowest BCUT2D eigenvalue weighted by molar-refractivity contribution is 0.595. The summed E-state index contributed by atoms with van der Waals surface area (Å²) in [6.45, 7) is 4.77. The second-order valence-electron chi connectivity index (χ2n) is 14.1. The van der Waals surface area contributed by atoms with Gasteiger partial charge in [-0.25, -0.2) is 0 Å². The average molecular weight is 626 g/mol. The van der Waals surface area contributed by atoms with Crippen molar-refractivity contribution in [1.29, 1.82) is 0 Å². The smallest absolute Gasteiger partial charge is 0.0406 e. The molecule has 2 N–H and O–H groups in total. The van der Waals surface area contributed by atoms with E-state index in [1.807, 2.05) is 11.3 Å². The number of hydrogen-bond acceptors (Lipinski definition) is 2. The lowest BCUT2D eigenvalue weighted by Crippen LogP contribution is -2.25. The van der Waals surface area contributed by atoms with Crippen molar-refractivity contribution in [1.82, 2.24) is 0 Å². The minimum atomic E-state index is -0.232. The molecular formula is C45H39NS. The first-order valence-corrected chi connectivity index (χ1v) is 17.9. The van der Waals surface area contributed by atoms with Crippen LogP contribution in [0, 0.1) is 0 Å². The van der Waals surface area contributed by atoms with Crippen LogP contribution in [0.1, 0.15) is 77.6 Å². The van der Waals surface area contributed by atoms with Crippen LogP contribution in [-0.4, -0.2) is 0 Å². The molecule has 1 aromatic heterocycles. The number of nitrogens with two attached hydrogens (primary N) is 1. The molecule has 0 fully saturated rings. The van der Waals surface area contributed by atoms with Gasteiger partial charge in [-0.15, -0.1) is 11.3 Å². The van der Waals surface area contributed by atoms with E-state index in [0.29, 0.717) is 0 Å². The predicted octanol–water partition coefficient (Wildman–Crippen LogP) is 11.7. The maximum absolute atomic E-state index is 7.55. The van der Waals surface area contributed by atoms with Crippen molar-refractivity contribution >= 4 is 31.5 Å². The lowest BCUT2D eigenvalue weighted by Gasteiger charge is -2.32. The van der Waals surface area contributed by atoms with Gasteiger partial charge in [0.1, 0.15) is 0 Å². The number of rotatable bonds is 5. The highest BCUT2D eigenvalue weighted by atomic mass is 32.1. The van der Waals surface area contributed by atoms with Gasteiger partial charge in [0.05, 0.1) is 0 Å². The van der Waals surface area contributed by atoms with Gasteiger partial charge in [-0.3, -0.25) is 0 Å². The quantitative estimate of drug-likeness (QED) is 0.202. The maximum Gasteiger partial charge on any atom is 0.0406 e. The Kier molecular flexibility index (Phi) is 6.75. The molecule has 1 nitrogen and oxygen atoms in total. The molecule has 0 aliphatic heterocycles. The van der Waals surface area contributed by atoms with Crippen molar-refractivity contribution < 1.29 is 0 Å². The van der Waals surface area contributed by atoms with Crippen molar-refractivity contribution in [2.24, 2.45) is 5.73 Å². The van der Waals surface area contributed by atoms with Gasteiger partial charge < -0.3 is 5.73 Å². The van der Waals surface area contributed by atoms with Gasteiger partial charge in [0, 0.05) is 37.5 Å². The SMILES string of the molecule is CC1(C)c2ccccc2-c2cccc(C(c3ccc4c(c3)sc3c5c(ccc34)CCCC5)C(N)c3cccc(-c4ccccc4)c3)c21. The molecule has 230 valence electrons. The van der Waals surface area contributed by atoms with Crippen LogP contribution >= 0.6 is 11.3 Å². The summed E-state index contributed by atoms with van der Waals surface area (Å²) in [6.07, 6.45) is 5.01. The third kappa shape index (κ3) is 4.53. The molecule has 0 radical (unpaired) electrons. The Balaban J connectivity index is 1.25. The molecule has 2 atom stereocenters. The molecule has 6 aromatic carbocycles. The normalized spacial score (nSPS) is 16.1. The molecule has 0 spiro atoms. The van der Waals surface area contributed by atoms with E-state index in [4.69, 9.17) is 5.73 Å². The van der Waals surface area contributed by atoms with Crippen LogP contribution in [0.25, 0.3) is 42.4 Å². The van der Waals surface area contributed by atoms with Crippen LogP contribution in [-0.2, 0) is 18.3 Å². The van der Waals surface area contributed by atoms with E-state index < -0.39 is 0 Å². The molecule has 9 rings (SSSR count). The fourth-order valence-electron chi connectivity index (χ4n) is 8.75. The van der Waals surface area contributed by atoms with Gasteiger partial charge in [0.15, 0.2) is 0 Å². The van der Waals surface area contributed by atoms with E-state index in [1.54, 1.807) is 11.1 Å². The maximum atomic E-state index is 7.55. The average Bonchev–Trinajstić information content (AvgIpc) is 3.61. The van der Waals surface area contributed by atoms with E-state index in [0.717, 1.165) is 5.56 Å². The Hall–Kier alpha value is -4.50. The summed E-state index contributed by atoms with van der Waals surface area (Å²) in [7, 11) is 0. The van der Waals surface area contributed by atoms with Crippen LogP contribution in [0.4, 0.5) is 0 Å². The molecule has 0 bridgehead atoms. The minimum Gasteiger partial charge on any atom is -0.323 e. The highest BCUT2D eigenvalue weighted by molar-refractivity contribution is 7.26. The molecule has 47 heavy (non-hydrogen) atoms. The Bertz CT molecular complexity index is 2310. The molecule has 2 unspecified atom stereocenters. The van der Waals surface area contributed by atoms with Crippen molar-refractivity contribution in [2.45, 2.75) is 56.9 Å². The Morgan fingerprint density at radius 3 is 2.28 bits per heavy atom. The van der Waals surface area contributed by atoms with Crippen LogP contribution in [0.3, 0.4) is 0 Å². The summed E-state index contributed by atoms with van der Waals surface area (Å²) in [4.78, 5) is 0. The predicted molar refractivity (Wildman–Crippen MR) is 201 cm³/mol. The van der Waals surface area contributed by atoms with Crippen LogP contribution in [0.5, 0.6) is 0 Å². The van der Waals surface area contributed by atoms with Gasteiger partial charge in [0.25, 0.3) is 0 Å².